The molecule has 0 atom stereocenters. The molecule has 0 saturated carbocycles. The molecule has 0 radical (unpaired) electrons. The van der Waals surface area contributed by atoms with Gasteiger partial charge in [-0.15, -0.1) is 0 Å². The molecule has 1 amide bonds. The van der Waals surface area contributed by atoms with Crippen LogP contribution in [0.4, 0.5) is 0 Å². The third-order valence-electron chi connectivity index (χ3n) is 5.47. The number of imidazole rings is 1. The number of carbonyl (C=O) groups excluding carboxylic acids is 1. The van der Waals surface area contributed by atoms with Gasteiger partial charge >= 0.3 is 0 Å². The van der Waals surface area contributed by atoms with Crippen LogP contribution in [0.5, 0.6) is 0 Å². The Morgan fingerprint density at radius 3 is 2.50 bits per heavy atom. The summed E-state index contributed by atoms with van der Waals surface area (Å²) >= 11 is 0. The lowest BCUT2D eigenvalue weighted by atomic mass is 9.90. The standard InChI is InChI=1S/C22H25N3O/c1-17-23-20-9-5-6-10-21(20)25(17)16-22(26)24-13-11-19(12-14-24)15-18-7-3-2-4-8-18/h2-10,19H,11-16H2,1H3. The fraction of sp³-hybridized carbons (Fsp3) is 0.364. The highest BCUT2D eigenvalue weighted by Crippen LogP contribution is 2.22. The van der Waals surface area contributed by atoms with Gasteiger partial charge in [-0.1, -0.05) is 42.5 Å². The van der Waals surface area contributed by atoms with Crippen LogP contribution in [0.1, 0.15) is 24.2 Å². The molecule has 4 rings (SSSR count). The number of hydrogen-bond acceptors (Lipinski definition) is 2. The van der Waals surface area contributed by atoms with Crippen LogP contribution in [0.15, 0.2) is 54.6 Å². The van der Waals surface area contributed by atoms with Crippen LogP contribution in [0.3, 0.4) is 0 Å². The smallest absolute Gasteiger partial charge is 0.242 e. The summed E-state index contributed by atoms with van der Waals surface area (Å²) in [5.74, 6) is 1.78. The van der Waals surface area contributed by atoms with Gasteiger partial charge in [0.2, 0.25) is 5.91 Å². The molecule has 0 N–H and O–H groups in total. The summed E-state index contributed by atoms with van der Waals surface area (Å²) < 4.78 is 2.04. The molecule has 2 aromatic carbocycles. The Labute approximate surface area is 154 Å². The summed E-state index contributed by atoms with van der Waals surface area (Å²) in [4.78, 5) is 19.4. The van der Waals surface area contributed by atoms with Crippen LogP contribution in [0, 0.1) is 12.8 Å². The van der Waals surface area contributed by atoms with Gasteiger partial charge < -0.3 is 9.47 Å². The van der Waals surface area contributed by atoms with Crippen LogP contribution >= 0.6 is 0 Å². The lowest BCUT2D eigenvalue weighted by Gasteiger charge is -2.32. The van der Waals surface area contributed by atoms with E-state index in [9.17, 15) is 4.79 Å². The van der Waals surface area contributed by atoms with Crippen LogP contribution in [0.2, 0.25) is 0 Å². The van der Waals surface area contributed by atoms with Crippen LogP contribution in [0.25, 0.3) is 11.0 Å². The van der Waals surface area contributed by atoms with E-state index >= 15 is 0 Å². The van der Waals surface area contributed by atoms with E-state index in [1.807, 2.05) is 40.7 Å². The Hall–Kier alpha value is -2.62. The molecule has 1 aromatic heterocycles. The number of aryl methyl sites for hydroxylation is 1. The van der Waals surface area contributed by atoms with E-state index in [2.05, 4.69) is 35.3 Å². The normalized spacial score (nSPS) is 15.5. The Morgan fingerprint density at radius 2 is 1.73 bits per heavy atom. The number of carbonyl (C=O) groups is 1. The first-order valence-electron chi connectivity index (χ1n) is 9.44. The fourth-order valence-electron chi connectivity index (χ4n) is 3.96. The summed E-state index contributed by atoms with van der Waals surface area (Å²) in [5.41, 5.74) is 3.40. The lowest BCUT2D eigenvalue weighted by Crippen LogP contribution is -2.40. The number of hydrogen-bond donors (Lipinski definition) is 0. The monoisotopic (exact) mass is 347 g/mol. The van der Waals surface area contributed by atoms with Crippen molar-refractivity contribution in [3.63, 3.8) is 0 Å². The maximum absolute atomic E-state index is 12.8. The highest BCUT2D eigenvalue weighted by atomic mass is 16.2. The Kier molecular flexibility index (Phi) is 4.74. The molecule has 0 unspecified atom stereocenters. The number of likely N-dealkylation sites (tertiary alicyclic amines) is 1. The summed E-state index contributed by atoms with van der Waals surface area (Å²) in [5, 5.41) is 0. The maximum Gasteiger partial charge on any atom is 0.242 e. The second kappa shape index (κ2) is 7.32. The lowest BCUT2D eigenvalue weighted by molar-refractivity contribution is -0.133. The number of aromatic nitrogens is 2. The van der Waals surface area contributed by atoms with E-state index in [1.165, 1.54) is 5.56 Å². The molecule has 134 valence electrons. The van der Waals surface area contributed by atoms with Gasteiger partial charge in [0.05, 0.1) is 11.0 Å². The molecule has 0 spiro atoms. The van der Waals surface area contributed by atoms with Gasteiger partial charge in [0.1, 0.15) is 12.4 Å². The van der Waals surface area contributed by atoms with Crippen LogP contribution in [-0.4, -0.2) is 33.4 Å². The topological polar surface area (TPSA) is 38.1 Å². The van der Waals surface area contributed by atoms with Crippen LogP contribution < -0.4 is 0 Å². The van der Waals surface area contributed by atoms with Gasteiger partial charge in [0, 0.05) is 13.1 Å². The van der Waals surface area contributed by atoms with Crippen molar-refractivity contribution in [2.45, 2.75) is 32.7 Å². The van der Waals surface area contributed by atoms with E-state index in [0.717, 1.165) is 49.2 Å². The molecule has 1 aliphatic heterocycles. The third-order valence-corrected chi connectivity index (χ3v) is 5.47. The van der Waals surface area contributed by atoms with E-state index in [4.69, 9.17) is 0 Å². The minimum atomic E-state index is 0.203. The van der Waals surface area contributed by atoms with Crippen molar-refractivity contribution in [1.29, 1.82) is 0 Å². The molecule has 0 aliphatic carbocycles. The molecule has 1 fully saturated rings. The van der Waals surface area contributed by atoms with E-state index in [1.54, 1.807) is 0 Å². The summed E-state index contributed by atoms with van der Waals surface area (Å²) in [6.07, 6.45) is 3.29. The number of amides is 1. The number of piperidine rings is 1. The first kappa shape index (κ1) is 16.8. The second-order valence-corrected chi connectivity index (χ2v) is 7.25. The molecule has 26 heavy (non-hydrogen) atoms. The average molecular weight is 347 g/mol. The van der Waals surface area contributed by atoms with Crippen molar-refractivity contribution in [3.05, 3.63) is 66.0 Å². The van der Waals surface area contributed by atoms with Gasteiger partial charge in [0.25, 0.3) is 0 Å². The van der Waals surface area contributed by atoms with Crippen molar-refractivity contribution in [1.82, 2.24) is 14.5 Å². The van der Waals surface area contributed by atoms with Gasteiger partial charge in [-0.05, 0) is 49.8 Å². The zero-order valence-electron chi connectivity index (χ0n) is 15.3. The molecule has 1 aliphatic rings. The molecular formula is C22H25N3O. The first-order valence-corrected chi connectivity index (χ1v) is 9.44. The summed E-state index contributed by atoms with van der Waals surface area (Å²) in [7, 11) is 0. The Balaban J connectivity index is 1.37. The largest absolute Gasteiger partial charge is 0.341 e. The number of nitrogens with zero attached hydrogens (tertiary/aromatic N) is 3. The zero-order chi connectivity index (χ0) is 17.9. The SMILES string of the molecule is Cc1nc2ccccc2n1CC(=O)N1CCC(Cc2ccccc2)CC1. The number of fused-ring (bicyclic) bond motifs is 1. The number of rotatable bonds is 4. The predicted octanol–water partition coefficient (Wildman–Crippen LogP) is 3.83. The molecule has 3 aromatic rings. The third kappa shape index (κ3) is 3.50. The van der Waals surface area contributed by atoms with Crippen molar-refractivity contribution in [3.8, 4) is 0 Å². The number of benzene rings is 2. The van der Waals surface area contributed by atoms with Gasteiger partial charge in [-0.25, -0.2) is 4.98 Å². The van der Waals surface area contributed by atoms with E-state index in [0.29, 0.717) is 12.5 Å². The van der Waals surface area contributed by atoms with E-state index in [-0.39, 0.29) is 5.91 Å². The first-order chi connectivity index (χ1) is 12.7. The molecular weight excluding hydrogens is 322 g/mol. The highest BCUT2D eigenvalue weighted by Gasteiger charge is 2.23. The fourth-order valence-corrected chi connectivity index (χ4v) is 3.96. The Bertz CT molecular complexity index is 892. The molecule has 4 nitrogen and oxygen atoms in total. The minimum Gasteiger partial charge on any atom is -0.341 e. The molecule has 0 bridgehead atoms. The van der Waals surface area contributed by atoms with Crippen molar-refractivity contribution in [2.24, 2.45) is 5.92 Å². The highest BCUT2D eigenvalue weighted by molar-refractivity contribution is 5.81. The van der Waals surface area contributed by atoms with Crippen LogP contribution in [-0.2, 0) is 17.8 Å². The molecule has 4 heteroatoms. The van der Waals surface area contributed by atoms with Crippen molar-refractivity contribution in [2.75, 3.05) is 13.1 Å². The predicted molar refractivity (Wildman–Crippen MR) is 104 cm³/mol. The van der Waals surface area contributed by atoms with Crippen molar-refractivity contribution < 1.29 is 4.79 Å². The van der Waals surface area contributed by atoms with Gasteiger partial charge in [-0.2, -0.15) is 0 Å². The number of para-hydroxylation sites is 2. The van der Waals surface area contributed by atoms with Crippen molar-refractivity contribution >= 4 is 16.9 Å². The summed E-state index contributed by atoms with van der Waals surface area (Å²) in [6.45, 7) is 4.08. The summed E-state index contributed by atoms with van der Waals surface area (Å²) in [6, 6.07) is 18.7. The van der Waals surface area contributed by atoms with Gasteiger partial charge in [-0.3, -0.25) is 4.79 Å². The zero-order valence-corrected chi connectivity index (χ0v) is 15.3. The van der Waals surface area contributed by atoms with E-state index < -0.39 is 0 Å². The Morgan fingerprint density at radius 1 is 1.04 bits per heavy atom. The second-order valence-electron chi connectivity index (χ2n) is 7.25. The van der Waals surface area contributed by atoms with Gasteiger partial charge in [0.15, 0.2) is 0 Å². The molecule has 2 heterocycles. The maximum atomic E-state index is 12.8. The average Bonchev–Trinajstić information content (AvgIpc) is 2.98. The quantitative estimate of drug-likeness (QED) is 0.719. The molecule has 1 saturated heterocycles. The minimum absolute atomic E-state index is 0.203.